The van der Waals surface area contributed by atoms with E-state index in [1.165, 1.54) is 0 Å². The summed E-state index contributed by atoms with van der Waals surface area (Å²) >= 11 is 0. The summed E-state index contributed by atoms with van der Waals surface area (Å²) in [6.45, 7) is 5.52. The van der Waals surface area contributed by atoms with E-state index in [9.17, 15) is 4.79 Å². The molecule has 0 saturated carbocycles. The van der Waals surface area contributed by atoms with E-state index in [0.29, 0.717) is 19.6 Å². The fourth-order valence-corrected chi connectivity index (χ4v) is 2.95. The van der Waals surface area contributed by atoms with Crippen LogP contribution in [0.1, 0.15) is 42.0 Å². The summed E-state index contributed by atoms with van der Waals surface area (Å²) in [6, 6.07) is 19.4. The molecule has 124 valence electrons. The lowest BCUT2D eigenvalue weighted by molar-refractivity contribution is 0.0238. The molecule has 2 aromatic rings. The molecule has 0 radical (unpaired) electrons. The molecule has 0 N–H and O–H groups in total. The van der Waals surface area contributed by atoms with Crippen molar-refractivity contribution >= 4 is 12.9 Å². The Morgan fingerprint density at radius 1 is 1.00 bits per heavy atom. The number of rotatable bonds is 5. The van der Waals surface area contributed by atoms with Gasteiger partial charge in [0.25, 0.3) is 0 Å². The Labute approximate surface area is 144 Å². The molecular formula is C20H23BO3. The summed E-state index contributed by atoms with van der Waals surface area (Å²) in [4.78, 5) is 12.7. The van der Waals surface area contributed by atoms with E-state index in [0.717, 1.165) is 11.1 Å². The quantitative estimate of drug-likeness (QED) is 0.613. The van der Waals surface area contributed by atoms with Crippen LogP contribution in [-0.4, -0.2) is 26.1 Å². The molecule has 24 heavy (non-hydrogen) atoms. The Morgan fingerprint density at radius 2 is 1.54 bits per heavy atom. The molecule has 1 unspecified atom stereocenters. The Balaban J connectivity index is 1.80. The second-order valence-electron chi connectivity index (χ2n) is 7.17. The SMILES string of the molecule is CC1(C)COB(C(CC(=O)c2ccccc2)c2ccccc2)OC1. The number of Topliss-reactive ketones (excluding diaryl/α,β-unsaturated/α-hetero) is 1. The van der Waals surface area contributed by atoms with E-state index >= 15 is 0 Å². The van der Waals surface area contributed by atoms with Crippen LogP contribution in [-0.2, 0) is 9.31 Å². The van der Waals surface area contributed by atoms with E-state index in [-0.39, 0.29) is 24.1 Å². The second-order valence-corrected chi connectivity index (χ2v) is 7.17. The van der Waals surface area contributed by atoms with E-state index in [4.69, 9.17) is 9.31 Å². The van der Waals surface area contributed by atoms with Gasteiger partial charge in [-0.1, -0.05) is 74.5 Å². The van der Waals surface area contributed by atoms with Gasteiger partial charge in [0.2, 0.25) is 0 Å². The fraction of sp³-hybridized carbons (Fsp3) is 0.350. The molecule has 1 saturated heterocycles. The third-order valence-electron chi connectivity index (χ3n) is 4.33. The predicted octanol–water partition coefficient (Wildman–Crippen LogP) is 4.14. The standard InChI is InChI=1S/C20H23BO3/c1-20(2)14-23-21(24-15-20)18(16-9-5-3-6-10-16)13-19(22)17-11-7-4-8-12-17/h3-12,18H,13-15H2,1-2H3. The van der Waals surface area contributed by atoms with Gasteiger partial charge in [-0.2, -0.15) is 0 Å². The van der Waals surface area contributed by atoms with Gasteiger partial charge in [-0.15, -0.1) is 0 Å². The van der Waals surface area contributed by atoms with Crippen molar-refractivity contribution < 1.29 is 14.1 Å². The molecule has 1 atom stereocenters. The predicted molar refractivity (Wildman–Crippen MR) is 96.0 cm³/mol. The minimum atomic E-state index is -0.381. The molecule has 0 bridgehead atoms. The highest BCUT2D eigenvalue weighted by atomic mass is 16.6. The van der Waals surface area contributed by atoms with Crippen LogP contribution >= 0.6 is 0 Å². The van der Waals surface area contributed by atoms with Crippen LogP contribution in [0.5, 0.6) is 0 Å². The molecule has 1 aliphatic heterocycles. The van der Waals surface area contributed by atoms with Gasteiger partial charge in [0.1, 0.15) is 0 Å². The Bertz CT molecular complexity index is 660. The van der Waals surface area contributed by atoms with E-state index < -0.39 is 0 Å². The average molecular weight is 322 g/mol. The first-order valence-electron chi connectivity index (χ1n) is 8.42. The summed E-state index contributed by atoms with van der Waals surface area (Å²) in [7, 11) is -0.381. The first kappa shape index (κ1) is 16.9. The van der Waals surface area contributed by atoms with Crippen LogP contribution < -0.4 is 0 Å². The van der Waals surface area contributed by atoms with Crippen molar-refractivity contribution in [2.45, 2.75) is 26.1 Å². The number of carbonyl (C=O) groups is 1. The van der Waals surface area contributed by atoms with Crippen molar-refractivity contribution in [1.82, 2.24) is 0 Å². The zero-order valence-electron chi connectivity index (χ0n) is 14.3. The third kappa shape index (κ3) is 4.13. The molecule has 1 fully saturated rings. The zero-order valence-corrected chi connectivity index (χ0v) is 14.3. The third-order valence-corrected chi connectivity index (χ3v) is 4.33. The first-order chi connectivity index (χ1) is 11.6. The minimum absolute atomic E-state index is 0.0151. The number of hydrogen-bond acceptors (Lipinski definition) is 3. The normalized spacial score (nSPS) is 18.2. The molecule has 3 rings (SSSR count). The van der Waals surface area contributed by atoms with Crippen molar-refractivity contribution in [3.05, 3.63) is 71.8 Å². The monoisotopic (exact) mass is 322 g/mol. The van der Waals surface area contributed by atoms with Gasteiger partial charge >= 0.3 is 7.12 Å². The van der Waals surface area contributed by atoms with Gasteiger partial charge in [0.05, 0.1) is 0 Å². The summed E-state index contributed by atoms with van der Waals surface area (Å²) in [5.41, 5.74) is 1.82. The first-order valence-corrected chi connectivity index (χ1v) is 8.42. The maximum Gasteiger partial charge on any atom is 0.465 e. The highest BCUT2D eigenvalue weighted by molar-refractivity contribution is 6.47. The van der Waals surface area contributed by atoms with Gasteiger partial charge in [0, 0.05) is 36.4 Å². The van der Waals surface area contributed by atoms with Crippen LogP contribution in [0.3, 0.4) is 0 Å². The summed E-state index contributed by atoms with van der Waals surface area (Å²) < 4.78 is 11.9. The van der Waals surface area contributed by atoms with Crippen molar-refractivity contribution in [2.75, 3.05) is 13.2 Å². The fourth-order valence-electron chi connectivity index (χ4n) is 2.95. The molecule has 0 aliphatic carbocycles. The molecule has 0 amide bonds. The molecule has 0 spiro atoms. The highest BCUT2D eigenvalue weighted by Gasteiger charge is 2.39. The number of ketones is 1. The van der Waals surface area contributed by atoms with Gasteiger partial charge in [-0.05, 0) is 5.56 Å². The molecule has 1 heterocycles. The molecule has 4 heteroatoms. The van der Waals surface area contributed by atoms with Gasteiger partial charge in [-0.25, -0.2) is 0 Å². The summed E-state index contributed by atoms with van der Waals surface area (Å²) in [5, 5.41) is 0. The van der Waals surface area contributed by atoms with E-state index in [1.54, 1.807) is 0 Å². The van der Waals surface area contributed by atoms with Gasteiger partial charge in [-0.3, -0.25) is 4.79 Å². The highest BCUT2D eigenvalue weighted by Crippen LogP contribution is 2.31. The summed E-state index contributed by atoms with van der Waals surface area (Å²) in [6.07, 6.45) is 0.374. The van der Waals surface area contributed by atoms with Crippen molar-refractivity contribution in [3.63, 3.8) is 0 Å². The van der Waals surface area contributed by atoms with E-state index in [1.807, 2.05) is 60.7 Å². The molecule has 1 aliphatic rings. The van der Waals surface area contributed by atoms with Crippen LogP contribution in [0.25, 0.3) is 0 Å². The Kier molecular flexibility index (Phi) is 5.17. The van der Waals surface area contributed by atoms with Gasteiger partial charge < -0.3 is 9.31 Å². The zero-order chi connectivity index (χ0) is 17.0. The maximum absolute atomic E-state index is 12.7. The van der Waals surface area contributed by atoms with Gasteiger partial charge in [0.15, 0.2) is 5.78 Å². The van der Waals surface area contributed by atoms with Crippen LogP contribution in [0.4, 0.5) is 0 Å². The largest absolute Gasteiger partial charge is 0.465 e. The van der Waals surface area contributed by atoms with Crippen molar-refractivity contribution in [2.24, 2.45) is 5.41 Å². The molecule has 0 aromatic heterocycles. The topological polar surface area (TPSA) is 35.5 Å². The Hall–Kier alpha value is -1.91. The van der Waals surface area contributed by atoms with E-state index in [2.05, 4.69) is 13.8 Å². The smallest absolute Gasteiger partial charge is 0.410 e. The van der Waals surface area contributed by atoms with Crippen molar-refractivity contribution in [1.29, 1.82) is 0 Å². The lowest BCUT2D eigenvalue weighted by Gasteiger charge is -2.36. The lowest BCUT2D eigenvalue weighted by atomic mass is 9.64. The van der Waals surface area contributed by atoms with Crippen LogP contribution in [0.2, 0.25) is 0 Å². The van der Waals surface area contributed by atoms with Crippen LogP contribution in [0.15, 0.2) is 60.7 Å². The van der Waals surface area contributed by atoms with Crippen molar-refractivity contribution in [3.8, 4) is 0 Å². The summed E-state index contributed by atoms with van der Waals surface area (Å²) in [5.74, 6) is 0.0106. The Morgan fingerprint density at radius 3 is 2.12 bits per heavy atom. The number of benzene rings is 2. The second kappa shape index (κ2) is 7.33. The molecule has 3 nitrogen and oxygen atoms in total. The minimum Gasteiger partial charge on any atom is -0.410 e. The lowest BCUT2D eigenvalue weighted by Crippen LogP contribution is -2.44. The number of hydrogen-bond donors (Lipinski definition) is 0. The molecular weight excluding hydrogens is 299 g/mol. The maximum atomic E-state index is 12.7. The number of carbonyl (C=O) groups excluding carboxylic acids is 1. The average Bonchev–Trinajstić information content (AvgIpc) is 2.61. The molecule has 2 aromatic carbocycles. The van der Waals surface area contributed by atoms with Crippen LogP contribution in [0, 0.1) is 5.41 Å².